The van der Waals surface area contributed by atoms with Crippen molar-refractivity contribution in [3.05, 3.63) is 11.3 Å². The Morgan fingerprint density at radius 1 is 1.40 bits per heavy atom. The molecule has 0 saturated heterocycles. The number of hydrogen-bond donors (Lipinski definition) is 0. The van der Waals surface area contributed by atoms with Crippen LogP contribution in [0.15, 0.2) is 16.3 Å². The highest BCUT2D eigenvalue weighted by molar-refractivity contribution is 5.38. The molecule has 2 heteroatoms. The quantitative estimate of drug-likeness (QED) is 0.402. The van der Waals surface area contributed by atoms with Gasteiger partial charge in [-0.2, -0.15) is 4.99 Å². The van der Waals surface area contributed by atoms with E-state index >= 15 is 0 Å². The Kier molecular flexibility index (Phi) is 2.41. The molecule has 0 spiro atoms. The minimum atomic E-state index is 0.959. The van der Waals surface area contributed by atoms with Gasteiger partial charge in [-0.3, -0.25) is 0 Å². The number of hydrogen-bond acceptors (Lipinski definition) is 2. The molecule has 0 unspecified atom stereocenters. The zero-order valence-electron chi connectivity index (χ0n) is 6.18. The molecule has 2 nitrogen and oxygen atoms in total. The second-order valence-corrected chi connectivity index (χ2v) is 2.64. The first-order chi connectivity index (χ1) is 4.84. The first kappa shape index (κ1) is 7.23. The molecule has 0 radical (unpaired) electrons. The lowest BCUT2D eigenvalue weighted by Crippen LogP contribution is -1.94. The Bertz CT molecular complexity index is 199. The summed E-state index contributed by atoms with van der Waals surface area (Å²) in [6, 6.07) is 0. The van der Waals surface area contributed by atoms with Gasteiger partial charge in [-0.15, -0.1) is 0 Å². The summed E-state index contributed by atoms with van der Waals surface area (Å²) in [5.74, 6) is 0. The average Bonchev–Trinajstić information content (AvgIpc) is 1.94. The maximum Gasteiger partial charge on any atom is 0.240 e. The van der Waals surface area contributed by atoms with Crippen molar-refractivity contribution in [3.63, 3.8) is 0 Å². The third-order valence-corrected chi connectivity index (χ3v) is 1.89. The predicted molar refractivity (Wildman–Crippen MR) is 39.3 cm³/mol. The van der Waals surface area contributed by atoms with Crippen LogP contribution in [0.1, 0.15) is 32.6 Å². The minimum absolute atomic E-state index is 0.959. The molecule has 0 saturated carbocycles. The molecule has 1 aliphatic rings. The summed E-state index contributed by atoms with van der Waals surface area (Å²) in [6.07, 6.45) is 6.05. The van der Waals surface area contributed by atoms with Crippen LogP contribution in [0, 0.1) is 0 Å². The Hall–Kier alpha value is -0.880. The van der Waals surface area contributed by atoms with Crippen molar-refractivity contribution in [2.24, 2.45) is 4.99 Å². The highest BCUT2D eigenvalue weighted by Crippen LogP contribution is 2.24. The Balaban J connectivity index is 2.77. The van der Waals surface area contributed by atoms with E-state index in [1.54, 1.807) is 6.08 Å². The lowest BCUT2D eigenvalue weighted by atomic mass is 9.98. The lowest BCUT2D eigenvalue weighted by molar-refractivity contribution is 0.562. The summed E-state index contributed by atoms with van der Waals surface area (Å²) in [7, 11) is 0. The van der Waals surface area contributed by atoms with E-state index in [9.17, 15) is 4.79 Å². The number of rotatable bonds is 1. The highest BCUT2D eigenvalue weighted by atomic mass is 16.1. The molecule has 1 aliphatic carbocycles. The van der Waals surface area contributed by atoms with Gasteiger partial charge in [-0.25, -0.2) is 4.79 Å². The van der Waals surface area contributed by atoms with Gasteiger partial charge in [-0.1, -0.05) is 5.57 Å². The third kappa shape index (κ3) is 1.55. The van der Waals surface area contributed by atoms with E-state index in [2.05, 4.69) is 4.99 Å². The second-order valence-electron chi connectivity index (χ2n) is 2.64. The van der Waals surface area contributed by atoms with Crippen LogP contribution in [0.3, 0.4) is 0 Å². The Labute approximate surface area is 60.7 Å². The normalized spacial score (nSPS) is 18.5. The van der Waals surface area contributed by atoms with Crippen LogP contribution in [0.25, 0.3) is 0 Å². The molecule has 0 aliphatic heterocycles. The molecule has 54 valence electrons. The molecule has 0 aromatic carbocycles. The number of isocyanates is 1. The summed E-state index contributed by atoms with van der Waals surface area (Å²) in [5, 5.41) is 0. The van der Waals surface area contributed by atoms with Crippen LogP contribution >= 0.6 is 0 Å². The molecule has 0 atom stereocenters. The second kappa shape index (κ2) is 3.33. The van der Waals surface area contributed by atoms with Crippen molar-refractivity contribution in [1.29, 1.82) is 0 Å². The SMILES string of the molecule is CC1=C(N=C=O)CCCC1. The summed E-state index contributed by atoms with van der Waals surface area (Å²) in [6.45, 7) is 2.04. The number of carbonyl (C=O) groups excluding carboxylic acids is 1. The van der Waals surface area contributed by atoms with E-state index in [0.717, 1.165) is 25.0 Å². The molecule has 0 aromatic rings. The van der Waals surface area contributed by atoms with Crippen LogP contribution in [0.4, 0.5) is 0 Å². The standard InChI is InChI=1S/C8H11NO/c1-7-4-2-3-5-8(7)9-6-10/h2-5H2,1H3. The zero-order chi connectivity index (χ0) is 7.40. The number of nitrogens with zero attached hydrogens (tertiary/aromatic N) is 1. The summed E-state index contributed by atoms with van der Waals surface area (Å²) in [5.41, 5.74) is 2.22. The van der Waals surface area contributed by atoms with Gasteiger partial charge in [0, 0.05) is 0 Å². The van der Waals surface area contributed by atoms with Gasteiger partial charge >= 0.3 is 0 Å². The largest absolute Gasteiger partial charge is 0.240 e. The van der Waals surface area contributed by atoms with Gasteiger partial charge in [0.05, 0.1) is 5.70 Å². The molecule has 0 heterocycles. The fourth-order valence-corrected chi connectivity index (χ4v) is 1.25. The van der Waals surface area contributed by atoms with Gasteiger partial charge in [0.2, 0.25) is 6.08 Å². The summed E-state index contributed by atoms with van der Waals surface area (Å²) >= 11 is 0. The van der Waals surface area contributed by atoms with E-state index in [1.165, 1.54) is 12.0 Å². The van der Waals surface area contributed by atoms with Crippen LogP contribution < -0.4 is 0 Å². The predicted octanol–water partition coefficient (Wildman–Crippen LogP) is 2.17. The molecule has 0 N–H and O–H groups in total. The molecule has 1 rings (SSSR count). The average molecular weight is 137 g/mol. The zero-order valence-corrected chi connectivity index (χ0v) is 6.18. The number of allylic oxidation sites excluding steroid dienone is 2. The molecule has 0 aromatic heterocycles. The van der Waals surface area contributed by atoms with Crippen LogP contribution in [0.5, 0.6) is 0 Å². The van der Waals surface area contributed by atoms with E-state index in [-0.39, 0.29) is 0 Å². The van der Waals surface area contributed by atoms with Gasteiger partial charge in [-0.05, 0) is 32.6 Å². The summed E-state index contributed by atoms with van der Waals surface area (Å²) in [4.78, 5) is 13.5. The fraction of sp³-hybridized carbons (Fsp3) is 0.625. The molecule has 0 fully saturated rings. The topological polar surface area (TPSA) is 29.4 Å². The van der Waals surface area contributed by atoms with Crippen LogP contribution in [-0.4, -0.2) is 6.08 Å². The van der Waals surface area contributed by atoms with Crippen molar-refractivity contribution in [3.8, 4) is 0 Å². The molecule has 10 heavy (non-hydrogen) atoms. The van der Waals surface area contributed by atoms with Gasteiger partial charge in [0.1, 0.15) is 0 Å². The highest BCUT2D eigenvalue weighted by Gasteiger charge is 2.06. The molecular weight excluding hydrogens is 126 g/mol. The van der Waals surface area contributed by atoms with Gasteiger partial charge in [0.25, 0.3) is 0 Å². The van der Waals surface area contributed by atoms with Crippen molar-refractivity contribution in [2.75, 3.05) is 0 Å². The van der Waals surface area contributed by atoms with Crippen molar-refractivity contribution >= 4 is 6.08 Å². The maximum atomic E-state index is 9.89. The molecular formula is C8H11NO. The summed E-state index contributed by atoms with van der Waals surface area (Å²) < 4.78 is 0. The van der Waals surface area contributed by atoms with Gasteiger partial charge < -0.3 is 0 Å². The third-order valence-electron chi connectivity index (χ3n) is 1.89. The maximum absolute atomic E-state index is 9.89. The van der Waals surface area contributed by atoms with Crippen LogP contribution in [-0.2, 0) is 4.79 Å². The van der Waals surface area contributed by atoms with E-state index in [4.69, 9.17) is 0 Å². The van der Waals surface area contributed by atoms with E-state index in [1.807, 2.05) is 6.92 Å². The number of aliphatic imine (C=N–C) groups is 1. The Morgan fingerprint density at radius 3 is 2.70 bits per heavy atom. The van der Waals surface area contributed by atoms with Crippen molar-refractivity contribution in [2.45, 2.75) is 32.6 Å². The van der Waals surface area contributed by atoms with Crippen LogP contribution in [0.2, 0.25) is 0 Å². The first-order valence-corrected chi connectivity index (χ1v) is 3.61. The monoisotopic (exact) mass is 137 g/mol. The minimum Gasteiger partial charge on any atom is -0.211 e. The Morgan fingerprint density at radius 2 is 2.10 bits per heavy atom. The van der Waals surface area contributed by atoms with E-state index in [0.29, 0.717) is 0 Å². The fourth-order valence-electron chi connectivity index (χ4n) is 1.25. The van der Waals surface area contributed by atoms with E-state index < -0.39 is 0 Å². The van der Waals surface area contributed by atoms with Crippen molar-refractivity contribution in [1.82, 2.24) is 0 Å². The van der Waals surface area contributed by atoms with Crippen molar-refractivity contribution < 1.29 is 4.79 Å². The lowest BCUT2D eigenvalue weighted by Gasteiger charge is -2.11. The van der Waals surface area contributed by atoms with Gasteiger partial charge in [0.15, 0.2) is 0 Å². The first-order valence-electron chi connectivity index (χ1n) is 3.61. The molecule has 0 bridgehead atoms. The smallest absolute Gasteiger partial charge is 0.211 e. The molecule has 0 amide bonds.